The predicted octanol–water partition coefficient (Wildman–Crippen LogP) is 1.93. The van der Waals surface area contributed by atoms with E-state index in [0.29, 0.717) is 12.0 Å². The van der Waals surface area contributed by atoms with E-state index >= 15 is 0 Å². The van der Waals surface area contributed by atoms with Crippen LogP contribution in [-0.4, -0.2) is 22.6 Å². The summed E-state index contributed by atoms with van der Waals surface area (Å²) < 4.78 is 2.29. The van der Waals surface area contributed by atoms with E-state index in [1.54, 1.807) is 0 Å². The van der Waals surface area contributed by atoms with Crippen molar-refractivity contribution in [3.8, 4) is 0 Å². The minimum atomic E-state index is 0.540. The van der Waals surface area contributed by atoms with Crippen LogP contribution in [0.5, 0.6) is 0 Å². The highest BCUT2D eigenvalue weighted by molar-refractivity contribution is 5.03. The minimum Gasteiger partial charge on any atom is -0.334 e. The first-order valence-electron chi connectivity index (χ1n) is 5.51. The molecule has 2 rings (SSSR count). The average molecular weight is 193 g/mol. The fourth-order valence-electron chi connectivity index (χ4n) is 1.96. The molecular formula is C11H19N3. The first kappa shape index (κ1) is 9.71. The highest BCUT2D eigenvalue weighted by Gasteiger charge is 2.15. The van der Waals surface area contributed by atoms with Gasteiger partial charge in [0.05, 0.1) is 12.0 Å². The molecule has 0 aliphatic carbocycles. The van der Waals surface area contributed by atoms with Gasteiger partial charge in [-0.2, -0.15) is 0 Å². The van der Waals surface area contributed by atoms with Gasteiger partial charge in [0.2, 0.25) is 0 Å². The van der Waals surface area contributed by atoms with Gasteiger partial charge >= 0.3 is 0 Å². The van der Waals surface area contributed by atoms with Crippen LogP contribution in [-0.2, 0) is 0 Å². The second-order valence-corrected chi connectivity index (χ2v) is 4.38. The predicted molar refractivity (Wildman–Crippen MR) is 57.5 cm³/mol. The van der Waals surface area contributed by atoms with Gasteiger partial charge in [-0.05, 0) is 31.8 Å². The van der Waals surface area contributed by atoms with Crippen LogP contribution in [0.2, 0.25) is 0 Å². The molecule has 0 amide bonds. The van der Waals surface area contributed by atoms with Crippen molar-refractivity contribution in [1.29, 1.82) is 0 Å². The summed E-state index contributed by atoms with van der Waals surface area (Å²) in [6.45, 7) is 6.66. The molecule has 14 heavy (non-hydrogen) atoms. The number of aromatic nitrogens is 2. The number of nitrogens with one attached hydrogen (secondary N) is 1. The minimum absolute atomic E-state index is 0.540. The van der Waals surface area contributed by atoms with Gasteiger partial charge < -0.3 is 9.88 Å². The first-order chi connectivity index (χ1) is 6.77. The van der Waals surface area contributed by atoms with E-state index in [-0.39, 0.29) is 0 Å². The Morgan fingerprint density at radius 3 is 2.71 bits per heavy atom. The molecule has 1 aliphatic rings. The zero-order chi connectivity index (χ0) is 9.97. The van der Waals surface area contributed by atoms with Crippen LogP contribution >= 0.6 is 0 Å². The lowest BCUT2D eigenvalue weighted by Crippen LogP contribution is -2.28. The summed E-state index contributed by atoms with van der Waals surface area (Å²) >= 11 is 0. The van der Waals surface area contributed by atoms with Crippen LogP contribution in [0, 0.1) is 0 Å². The molecule has 0 atom stereocenters. The molecule has 78 valence electrons. The Labute approximate surface area is 85.5 Å². The molecule has 1 aliphatic heterocycles. The zero-order valence-corrected chi connectivity index (χ0v) is 9.03. The Bertz CT molecular complexity index is 284. The van der Waals surface area contributed by atoms with E-state index in [1.165, 1.54) is 18.5 Å². The third kappa shape index (κ3) is 1.98. The number of hydrogen-bond donors (Lipinski definition) is 1. The molecule has 1 aromatic rings. The van der Waals surface area contributed by atoms with Crippen molar-refractivity contribution in [3.63, 3.8) is 0 Å². The van der Waals surface area contributed by atoms with Gasteiger partial charge in [-0.25, -0.2) is 4.98 Å². The van der Waals surface area contributed by atoms with E-state index in [4.69, 9.17) is 0 Å². The molecule has 1 N–H and O–H groups in total. The molecule has 0 unspecified atom stereocenters. The normalized spacial score (nSPS) is 19.1. The Balaban J connectivity index is 2.07. The van der Waals surface area contributed by atoms with Crippen molar-refractivity contribution in [3.05, 3.63) is 18.2 Å². The molecule has 1 saturated heterocycles. The number of piperidine rings is 1. The lowest BCUT2D eigenvalue weighted by molar-refractivity contribution is 0.367. The SMILES string of the molecule is CC(C)c1cn(C2CCNCC2)cn1. The quantitative estimate of drug-likeness (QED) is 0.777. The maximum atomic E-state index is 4.43. The average Bonchev–Trinajstić information content (AvgIpc) is 2.68. The summed E-state index contributed by atoms with van der Waals surface area (Å²) in [5.41, 5.74) is 1.21. The second-order valence-electron chi connectivity index (χ2n) is 4.38. The number of imidazole rings is 1. The summed E-state index contributed by atoms with van der Waals surface area (Å²) in [6, 6.07) is 0.663. The van der Waals surface area contributed by atoms with Crippen LogP contribution in [0.4, 0.5) is 0 Å². The lowest BCUT2D eigenvalue weighted by atomic mass is 10.1. The summed E-state index contributed by atoms with van der Waals surface area (Å²) in [5, 5.41) is 3.38. The van der Waals surface area contributed by atoms with Crippen molar-refractivity contribution >= 4 is 0 Å². The summed E-state index contributed by atoms with van der Waals surface area (Å²) in [6.07, 6.45) is 6.66. The van der Waals surface area contributed by atoms with Crippen molar-refractivity contribution in [2.45, 2.75) is 38.6 Å². The molecule has 0 aromatic carbocycles. The summed E-state index contributed by atoms with van der Waals surface area (Å²) in [7, 11) is 0. The molecule has 3 heteroatoms. The van der Waals surface area contributed by atoms with Gasteiger partial charge in [-0.15, -0.1) is 0 Å². The molecular weight excluding hydrogens is 174 g/mol. The van der Waals surface area contributed by atoms with E-state index in [2.05, 4.69) is 34.9 Å². The largest absolute Gasteiger partial charge is 0.334 e. The smallest absolute Gasteiger partial charge is 0.0952 e. The second kappa shape index (κ2) is 4.13. The van der Waals surface area contributed by atoms with Crippen LogP contribution < -0.4 is 5.32 Å². The van der Waals surface area contributed by atoms with E-state index in [1.807, 2.05) is 6.33 Å². The Morgan fingerprint density at radius 1 is 1.43 bits per heavy atom. The molecule has 2 heterocycles. The van der Waals surface area contributed by atoms with Crippen molar-refractivity contribution in [2.75, 3.05) is 13.1 Å². The molecule has 3 nitrogen and oxygen atoms in total. The van der Waals surface area contributed by atoms with Crippen LogP contribution in [0.25, 0.3) is 0 Å². The fourth-order valence-corrected chi connectivity index (χ4v) is 1.96. The van der Waals surface area contributed by atoms with Gasteiger partial charge in [0.1, 0.15) is 0 Å². The number of hydrogen-bond acceptors (Lipinski definition) is 2. The maximum absolute atomic E-state index is 4.43. The van der Waals surface area contributed by atoms with Crippen LogP contribution in [0.1, 0.15) is 44.3 Å². The Kier molecular flexibility index (Phi) is 2.87. The molecule has 0 spiro atoms. The van der Waals surface area contributed by atoms with Gasteiger partial charge in [0.25, 0.3) is 0 Å². The van der Waals surface area contributed by atoms with E-state index in [9.17, 15) is 0 Å². The third-order valence-electron chi connectivity index (χ3n) is 2.94. The Morgan fingerprint density at radius 2 is 2.14 bits per heavy atom. The molecule has 1 fully saturated rings. The molecule has 0 bridgehead atoms. The monoisotopic (exact) mass is 193 g/mol. The Hall–Kier alpha value is -0.830. The summed E-state index contributed by atoms with van der Waals surface area (Å²) in [5.74, 6) is 0.540. The number of rotatable bonds is 2. The topological polar surface area (TPSA) is 29.9 Å². The van der Waals surface area contributed by atoms with Crippen molar-refractivity contribution < 1.29 is 0 Å². The van der Waals surface area contributed by atoms with E-state index in [0.717, 1.165) is 13.1 Å². The van der Waals surface area contributed by atoms with E-state index < -0.39 is 0 Å². The highest BCUT2D eigenvalue weighted by atomic mass is 15.1. The van der Waals surface area contributed by atoms with Crippen molar-refractivity contribution in [1.82, 2.24) is 14.9 Å². The molecule has 1 aromatic heterocycles. The van der Waals surface area contributed by atoms with Crippen LogP contribution in [0.15, 0.2) is 12.5 Å². The number of nitrogens with zero attached hydrogens (tertiary/aromatic N) is 2. The standard InChI is InChI=1S/C11H19N3/c1-9(2)11-7-14(8-13-11)10-3-5-12-6-4-10/h7-10,12H,3-6H2,1-2H3. The van der Waals surface area contributed by atoms with Gasteiger partial charge in [0.15, 0.2) is 0 Å². The first-order valence-corrected chi connectivity index (χ1v) is 5.51. The summed E-state index contributed by atoms with van der Waals surface area (Å²) in [4.78, 5) is 4.43. The molecule has 0 saturated carbocycles. The van der Waals surface area contributed by atoms with Gasteiger partial charge in [-0.3, -0.25) is 0 Å². The maximum Gasteiger partial charge on any atom is 0.0952 e. The van der Waals surface area contributed by atoms with Gasteiger partial charge in [-0.1, -0.05) is 13.8 Å². The third-order valence-corrected chi connectivity index (χ3v) is 2.94. The zero-order valence-electron chi connectivity index (χ0n) is 9.03. The fraction of sp³-hybridized carbons (Fsp3) is 0.727. The van der Waals surface area contributed by atoms with Gasteiger partial charge in [0, 0.05) is 12.2 Å². The molecule has 0 radical (unpaired) electrons. The van der Waals surface area contributed by atoms with Crippen molar-refractivity contribution in [2.24, 2.45) is 0 Å². The highest BCUT2D eigenvalue weighted by Crippen LogP contribution is 2.20. The van der Waals surface area contributed by atoms with Crippen LogP contribution in [0.3, 0.4) is 0 Å². The lowest BCUT2D eigenvalue weighted by Gasteiger charge is -2.23.